The Balaban J connectivity index is 2.38. The second-order valence-electron chi connectivity index (χ2n) is 4.75. The second-order valence-corrected chi connectivity index (χ2v) is 4.75. The van der Waals surface area contributed by atoms with Crippen LogP contribution in [0.4, 0.5) is 0 Å². The molecule has 0 aliphatic carbocycles. The van der Waals surface area contributed by atoms with Crippen molar-refractivity contribution in [3.63, 3.8) is 0 Å². The van der Waals surface area contributed by atoms with Gasteiger partial charge in [-0.2, -0.15) is 0 Å². The molecular weight excluding hydrogens is 190 g/mol. The summed E-state index contributed by atoms with van der Waals surface area (Å²) in [4.78, 5) is 11.6. The highest BCUT2D eigenvalue weighted by molar-refractivity contribution is 5.72. The molecule has 1 heterocycles. The first-order valence-electron chi connectivity index (χ1n) is 6.03. The van der Waals surface area contributed by atoms with Crippen molar-refractivity contribution < 1.29 is 9.53 Å². The van der Waals surface area contributed by atoms with Crippen LogP contribution in [0, 0.1) is 11.8 Å². The molecule has 0 saturated carbocycles. The fraction of sp³-hybridized carbons (Fsp3) is 0.917. The summed E-state index contributed by atoms with van der Waals surface area (Å²) in [6.45, 7) is 7.74. The van der Waals surface area contributed by atoms with Crippen LogP contribution >= 0.6 is 0 Å². The lowest BCUT2D eigenvalue weighted by molar-refractivity contribution is -0.149. The third-order valence-electron chi connectivity index (χ3n) is 2.87. The fourth-order valence-electron chi connectivity index (χ4n) is 2.23. The average molecular weight is 213 g/mol. The molecule has 0 radical (unpaired) electrons. The fourth-order valence-corrected chi connectivity index (χ4v) is 2.23. The van der Waals surface area contributed by atoms with Crippen molar-refractivity contribution in [2.45, 2.75) is 46.1 Å². The van der Waals surface area contributed by atoms with Gasteiger partial charge in [0.15, 0.2) is 0 Å². The van der Waals surface area contributed by atoms with Crippen molar-refractivity contribution >= 4 is 5.97 Å². The molecule has 0 spiro atoms. The molecule has 0 bridgehead atoms. The van der Waals surface area contributed by atoms with Crippen LogP contribution in [0.2, 0.25) is 0 Å². The Labute approximate surface area is 92.6 Å². The van der Waals surface area contributed by atoms with E-state index in [1.54, 1.807) is 0 Å². The van der Waals surface area contributed by atoms with Gasteiger partial charge in [-0.1, -0.05) is 13.8 Å². The Hall–Kier alpha value is -0.570. The maximum atomic E-state index is 11.6. The first kappa shape index (κ1) is 12.5. The first-order valence-corrected chi connectivity index (χ1v) is 6.03. The molecule has 1 aliphatic heterocycles. The lowest BCUT2D eigenvalue weighted by atomic mass is 9.88. The molecule has 1 aliphatic rings. The van der Waals surface area contributed by atoms with Gasteiger partial charge in [0.1, 0.15) is 0 Å². The Morgan fingerprint density at radius 1 is 1.53 bits per heavy atom. The van der Waals surface area contributed by atoms with E-state index in [9.17, 15) is 4.79 Å². The van der Waals surface area contributed by atoms with Crippen molar-refractivity contribution in [2.75, 3.05) is 13.2 Å². The van der Waals surface area contributed by atoms with Crippen molar-refractivity contribution in [3.8, 4) is 0 Å². The SMILES string of the molecule is CCOC(=O)[C@@H]1CCN[C@H](CC(C)C)C1. The van der Waals surface area contributed by atoms with Gasteiger partial charge >= 0.3 is 5.97 Å². The quantitative estimate of drug-likeness (QED) is 0.726. The third kappa shape index (κ3) is 4.20. The molecular formula is C12H23NO2. The number of nitrogens with one attached hydrogen (secondary N) is 1. The molecule has 1 fully saturated rings. The predicted molar refractivity (Wildman–Crippen MR) is 60.6 cm³/mol. The molecule has 0 unspecified atom stereocenters. The highest BCUT2D eigenvalue weighted by atomic mass is 16.5. The van der Waals surface area contributed by atoms with E-state index in [0.717, 1.165) is 25.8 Å². The minimum atomic E-state index is -0.00671. The Bertz CT molecular complexity index is 204. The van der Waals surface area contributed by atoms with Crippen LogP contribution in [0.5, 0.6) is 0 Å². The Kier molecular flexibility index (Phi) is 5.09. The standard InChI is InChI=1S/C12H23NO2/c1-4-15-12(14)10-5-6-13-11(8-10)7-9(2)3/h9-11,13H,4-8H2,1-3H3/t10-,11-/m1/s1. The minimum Gasteiger partial charge on any atom is -0.466 e. The molecule has 0 aromatic carbocycles. The molecule has 0 amide bonds. The van der Waals surface area contributed by atoms with Gasteiger partial charge in [0.05, 0.1) is 12.5 Å². The predicted octanol–water partition coefficient (Wildman–Crippen LogP) is 1.96. The average Bonchev–Trinajstić information content (AvgIpc) is 2.17. The van der Waals surface area contributed by atoms with Gasteiger partial charge in [0.2, 0.25) is 0 Å². The summed E-state index contributed by atoms with van der Waals surface area (Å²) in [5.74, 6) is 0.797. The number of rotatable bonds is 4. The first-order chi connectivity index (χ1) is 7.13. The highest BCUT2D eigenvalue weighted by Gasteiger charge is 2.27. The van der Waals surface area contributed by atoms with E-state index in [1.807, 2.05) is 6.92 Å². The molecule has 3 heteroatoms. The van der Waals surface area contributed by atoms with E-state index in [4.69, 9.17) is 4.74 Å². The van der Waals surface area contributed by atoms with Gasteiger partial charge in [0, 0.05) is 6.04 Å². The molecule has 0 aromatic rings. The van der Waals surface area contributed by atoms with Crippen molar-refractivity contribution in [1.82, 2.24) is 5.32 Å². The summed E-state index contributed by atoms with van der Waals surface area (Å²) in [5.41, 5.74) is 0. The lowest BCUT2D eigenvalue weighted by Gasteiger charge is -2.30. The van der Waals surface area contributed by atoms with E-state index in [2.05, 4.69) is 19.2 Å². The van der Waals surface area contributed by atoms with Crippen LogP contribution in [0.25, 0.3) is 0 Å². The summed E-state index contributed by atoms with van der Waals surface area (Å²) >= 11 is 0. The molecule has 1 N–H and O–H groups in total. The van der Waals surface area contributed by atoms with Gasteiger partial charge in [-0.25, -0.2) is 0 Å². The van der Waals surface area contributed by atoms with Crippen LogP contribution in [-0.4, -0.2) is 25.2 Å². The summed E-state index contributed by atoms with van der Waals surface area (Å²) in [7, 11) is 0. The maximum Gasteiger partial charge on any atom is 0.309 e. The zero-order chi connectivity index (χ0) is 11.3. The highest BCUT2D eigenvalue weighted by Crippen LogP contribution is 2.21. The molecule has 1 rings (SSSR count). The second kappa shape index (κ2) is 6.11. The van der Waals surface area contributed by atoms with Crippen molar-refractivity contribution in [2.24, 2.45) is 11.8 Å². The third-order valence-corrected chi connectivity index (χ3v) is 2.87. The van der Waals surface area contributed by atoms with E-state index >= 15 is 0 Å². The maximum absolute atomic E-state index is 11.6. The smallest absolute Gasteiger partial charge is 0.309 e. The summed E-state index contributed by atoms with van der Waals surface area (Å²) in [5, 5.41) is 3.47. The van der Waals surface area contributed by atoms with Gasteiger partial charge in [-0.3, -0.25) is 4.79 Å². The monoisotopic (exact) mass is 213 g/mol. The minimum absolute atomic E-state index is 0.00671. The normalized spacial score (nSPS) is 26.7. The Morgan fingerprint density at radius 3 is 2.87 bits per heavy atom. The number of hydrogen-bond donors (Lipinski definition) is 1. The van der Waals surface area contributed by atoms with Crippen LogP contribution in [0.1, 0.15) is 40.0 Å². The van der Waals surface area contributed by atoms with Crippen LogP contribution in [0.15, 0.2) is 0 Å². The molecule has 88 valence electrons. The van der Waals surface area contributed by atoms with E-state index < -0.39 is 0 Å². The molecule has 0 aromatic heterocycles. The number of esters is 1. The zero-order valence-electron chi connectivity index (χ0n) is 10.1. The number of piperidine rings is 1. The number of hydrogen-bond acceptors (Lipinski definition) is 3. The number of ether oxygens (including phenoxy) is 1. The lowest BCUT2D eigenvalue weighted by Crippen LogP contribution is -2.41. The largest absolute Gasteiger partial charge is 0.466 e. The van der Waals surface area contributed by atoms with Crippen LogP contribution in [0.3, 0.4) is 0 Å². The summed E-state index contributed by atoms with van der Waals surface area (Å²) < 4.78 is 5.07. The van der Waals surface area contributed by atoms with Crippen LogP contribution < -0.4 is 5.32 Å². The van der Waals surface area contributed by atoms with Gasteiger partial charge < -0.3 is 10.1 Å². The van der Waals surface area contributed by atoms with Gasteiger partial charge in [-0.15, -0.1) is 0 Å². The van der Waals surface area contributed by atoms with Crippen LogP contribution in [-0.2, 0) is 9.53 Å². The number of carbonyl (C=O) groups is 1. The van der Waals surface area contributed by atoms with Gasteiger partial charge in [-0.05, 0) is 38.6 Å². The topological polar surface area (TPSA) is 38.3 Å². The van der Waals surface area contributed by atoms with Crippen molar-refractivity contribution in [3.05, 3.63) is 0 Å². The molecule has 15 heavy (non-hydrogen) atoms. The van der Waals surface area contributed by atoms with E-state index in [1.165, 1.54) is 0 Å². The van der Waals surface area contributed by atoms with Gasteiger partial charge in [0.25, 0.3) is 0 Å². The molecule has 2 atom stereocenters. The molecule has 3 nitrogen and oxygen atoms in total. The zero-order valence-corrected chi connectivity index (χ0v) is 10.1. The van der Waals surface area contributed by atoms with E-state index in [0.29, 0.717) is 18.6 Å². The summed E-state index contributed by atoms with van der Waals surface area (Å²) in [6, 6.07) is 0.494. The molecule has 1 saturated heterocycles. The Morgan fingerprint density at radius 2 is 2.27 bits per heavy atom. The van der Waals surface area contributed by atoms with E-state index in [-0.39, 0.29) is 11.9 Å². The summed E-state index contributed by atoms with van der Waals surface area (Å²) in [6.07, 6.45) is 3.01. The number of carbonyl (C=O) groups excluding carboxylic acids is 1. The van der Waals surface area contributed by atoms with Crippen molar-refractivity contribution in [1.29, 1.82) is 0 Å².